The van der Waals surface area contributed by atoms with Gasteiger partial charge in [-0.2, -0.15) is 0 Å². The van der Waals surface area contributed by atoms with E-state index in [9.17, 15) is 13.6 Å². The van der Waals surface area contributed by atoms with Crippen molar-refractivity contribution in [3.8, 4) is 0 Å². The Morgan fingerprint density at radius 3 is 2.62 bits per heavy atom. The van der Waals surface area contributed by atoms with E-state index in [1.807, 2.05) is 0 Å². The van der Waals surface area contributed by atoms with Gasteiger partial charge >= 0.3 is 6.09 Å². The number of rotatable bonds is 1. The summed E-state index contributed by atoms with van der Waals surface area (Å²) in [5.74, 6) is -2.85. The Hall–Kier alpha value is -0.910. The van der Waals surface area contributed by atoms with Crippen molar-refractivity contribution in [3.05, 3.63) is 6.42 Å². The van der Waals surface area contributed by atoms with Gasteiger partial charge < -0.3 is 4.74 Å². The van der Waals surface area contributed by atoms with Crippen molar-refractivity contribution in [2.75, 3.05) is 13.1 Å². The summed E-state index contributed by atoms with van der Waals surface area (Å²) < 4.78 is 30.9. The van der Waals surface area contributed by atoms with E-state index in [2.05, 4.69) is 5.43 Å². The van der Waals surface area contributed by atoms with Crippen molar-refractivity contribution >= 4 is 6.09 Å². The molecular formula is C10H17F2N2O2. The average Bonchev–Trinajstić information content (AvgIpc) is 1.96. The summed E-state index contributed by atoms with van der Waals surface area (Å²) in [6.07, 6.45) is 0.494. The summed E-state index contributed by atoms with van der Waals surface area (Å²) in [5, 5.41) is 1.17. The molecular weight excluding hydrogens is 218 g/mol. The van der Waals surface area contributed by atoms with Crippen LogP contribution in [0.4, 0.5) is 13.6 Å². The fourth-order valence-corrected chi connectivity index (χ4v) is 1.36. The van der Waals surface area contributed by atoms with Crippen LogP contribution in [0.5, 0.6) is 0 Å². The first kappa shape index (κ1) is 13.2. The Bertz CT molecular complexity index is 264. The fraction of sp³-hybridized carbons (Fsp3) is 0.800. The number of hydrazine groups is 1. The van der Waals surface area contributed by atoms with E-state index in [1.165, 1.54) is 5.01 Å². The highest BCUT2D eigenvalue weighted by atomic mass is 19.3. The fourth-order valence-electron chi connectivity index (χ4n) is 1.36. The number of halogens is 2. The Balaban J connectivity index is 2.40. The van der Waals surface area contributed by atoms with Gasteiger partial charge in [-0.3, -0.25) is 5.43 Å². The monoisotopic (exact) mass is 235 g/mol. The van der Waals surface area contributed by atoms with Crippen LogP contribution < -0.4 is 5.43 Å². The zero-order valence-electron chi connectivity index (χ0n) is 9.72. The molecule has 1 saturated heterocycles. The molecule has 0 aromatic heterocycles. The number of carbonyl (C=O) groups excluding carboxylic acids is 1. The molecule has 4 nitrogen and oxygen atoms in total. The number of carbonyl (C=O) groups is 1. The van der Waals surface area contributed by atoms with Crippen molar-refractivity contribution in [2.24, 2.45) is 0 Å². The quantitative estimate of drug-likeness (QED) is 0.755. The first-order valence-electron chi connectivity index (χ1n) is 5.15. The normalized spacial score (nSPS) is 21.6. The van der Waals surface area contributed by atoms with Crippen molar-refractivity contribution in [1.82, 2.24) is 10.4 Å². The molecule has 0 saturated carbocycles. The molecule has 0 bridgehead atoms. The Morgan fingerprint density at radius 1 is 1.50 bits per heavy atom. The molecule has 1 fully saturated rings. The Labute approximate surface area is 93.9 Å². The van der Waals surface area contributed by atoms with Crippen LogP contribution in [0.3, 0.4) is 0 Å². The molecule has 0 aliphatic carbocycles. The minimum absolute atomic E-state index is 0.239. The maximum absolute atomic E-state index is 13.0. The average molecular weight is 235 g/mol. The van der Waals surface area contributed by atoms with Crippen LogP contribution in [0.25, 0.3) is 0 Å². The summed E-state index contributed by atoms with van der Waals surface area (Å²) in [4.78, 5) is 11.3. The first-order valence-corrected chi connectivity index (χ1v) is 5.15. The van der Waals surface area contributed by atoms with Crippen LogP contribution in [0, 0.1) is 6.42 Å². The summed E-state index contributed by atoms with van der Waals surface area (Å²) in [7, 11) is 0. The predicted molar refractivity (Wildman–Crippen MR) is 54.8 cm³/mol. The van der Waals surface area contributed by atoms with Gasteiger partial charge in [-0.25, -0.2) is 18.6 Å². The van der Waals surface area contributed by atoms with Crippen molar-refractivity contribution in [1.29, 1.82) is 0 Å². The zero-order valence-corrected chi connectivity index (χ0v) is 9.72. The summed E-state index contributed by atoms with van der Waals surface area (Å²) >= 11 is 0. The number of nitrogens with one attached hydrogen (secondary N) is 1. The molecule has 0 aromatic carbocycles. The SMILES string of the molecule is CC(C)(C)OC(=O)NN1CC[CH]C(F)(F)C1. The van der Waals surface area contributed by atoms with Crippen LogP contribution in [0.1, 0.15) is 27.2 Å². The summed E-state index contributed by atoms with van der Waals surface area (Å²) in [6.45, 7) is 5.00. The highest BCUT2D eigenvalue weighted by Crippen LogP contribution is 2.24. The lowest BCUT2D eigenvalue weighted by Crippen LogP contribution is -2.52. The molecule has 1 aliphatic rings. The number of ether oxygens (including phenoxy) is 1. The van der Waals surface area contributed by atoms with Crippen LogP contribution in [0.2, 0.25) is 0 Å². The summed E-state index contributed by atoms with van der Waals surface area (Å²) in [6, 6.07) is 0. The number of piperidine rings is 1. The molecule has 6 heteroatoms. The third kappa shape index (κ3) is 4.74. The van der Waals surface area contributed by atoms with Crippen molar-refractivity contribution in [3.63, 3.8) is 0 Å². The molecule has 1 radical (unpaired) electrons. The molecule has 1 N–H and O–H groups in total. The third-order valence-electron chi connectivity index (χ3n) is 1.89. The Kier molecular flexibility index (Phi) is 3.72. The van der Waals surface area contributed by atoms with Crippen molar-refractivity contribution < 1.29 is 18.3 Å². The van der Waals surface area contributed by atoms with Gasteiger partial charge in [-0.05, 0) is 27.2 Å². The summed E-state index contributed by atoms with van der Waals surface area (Å²) in [5.41, 5.74) is 1.67. The lowest BCUT2D eigenvalue weighted by molar-refractivity contribution is -0.0441. The van der Waals surface area contributed by atoms with E-state index in [0.717, 1.165) is 6.42 Å². The first-order chi connectivity index (χ1) is 7.18. The number of hydrogen-bond donors (Lipinski definition) is 1. The zero-order chi connectivity index (χ0) is 12.4. The number of alkyl halides is 2. The standard InChI is InChI=1S/C10H17F2N2O2/c1-9(2,3)16-8(15)13-14-6-4-5-10(11,12)7-14/h5H,4,6-7H2,1-3H3,(H,13,15). The van der Waals surface area contributed by atoms with Gasteiger partial charge in [0.15, 0.2) is 0 Å². The second kappa shape index (κ2) is 4.53. The van der Waals surface area contributed by atoms with E-state index in [0.29, 0.717) is 6.54 Å². The van der Waals surface area contributed by atoms with Gasteiger partial charge in [0.05, 0.1) is 6.54 Å². The van der Waals surface area contributed by atoms with E-state index in [-0.39, 0.29) is 6.42 Å². The number of amides is 1. The highest BCUT2D eigenvalue weighted by molar-refractivity contribution is 5.67. The molecule has 1 aliphatic heterocycles. The molecule has 1 rings (SSSR count). The molecule has 0 spiro atoms. The van der Waals surface area contributed by atoms with Gasteiger partial charge in [0.25, 0.3) is 5.92 Å². The van der Waals surface area contributed by atoms with E-state index in [1.54, 1.807) is 20.8 Å². The smallest absolute Gasteiger partial charge is 0.422 e. The minimum Gasteiger partial charge on any atom is -0.443 e. The predicted octanol–water partition coefficient (Wildman–Crippen LogP) is 1.97. The maximum atomic E-state index is 13.0. The van der Waals surface area contributed by atoms with E-state index >= 15 is 0 Å². The topological polar surface area (TPSA) is 41.6 Å². The Morgan fingerprint density at radius 2 is 2.12 bits per heavy atom. The largest absolute Gasteiger partial charge is 0.443 e. The molecule has 1 heterocycles. The van der Waals surface area contributed by atoms with Gasteiger partial charge in [0.2, 0.25) is 0 Å². The maximum Gasteiger partial charge on any atom is 0.422 e. The van der Waals surface area contributed by atoms with E-state index < -0.39 is 24.2 Å². The molecule has 1 amide bonds. The van der Waals surface area contributed by atoms with Crippen LogP contribution in [0.15, 0.2) is 0 Å². The highest BCUT2D eigenvalue weighted by Gasteiger charge is 2.36. The third-order valence-corrected chi connectivity index (χ3v) is 1.89. The second-order valence-corrected chi connectivity index (χ2v) is 4.79. The van der Waals surface area contributed by atoms with Crippen molar-refractivity contribution in [2.45, 2.75) is 38.7 Å². The van der Waals surface area contributed by atoms with E-state index in [4.69, 9.17) is 4.74 Å². The molecule has 0 unspecified atom stereocenters. The second-order valence-electron chi connectivity index (χ2n) is 4.79. The molecule has 16 heavy (non-hydrogen) atoms. The molecule has 0 atom stereocenters. The lowest BCUT2D eigenvalue weighted by atomic mass is 10.1. The molecule has 93 valence electrons. The lowest BCUT2D eigenvalue weighted by Gasteiger charge is -2.32. The molecule has 0 aromatic rings. The van der Waals surface area contributed by atoms with Gasteiger partial charge in [-0.15, -0.1) is 0 Å². The van der Waals surface area contributed by atoms with Crippen LogP contribution in [-0.2, 0) is 4.74 Å². The van der Waals surface area contributed by atoms with Gasteiger partial charge in [0.1, 0.15) is 5.60 Å². The van der Waals surface area contributed by atoms with Crippen LogP contribution >= 0.6 is 0 Å². The van der Waals surface area contributed by atoms with Crippen LogP contribution in [-0.4, -0.2) is 35.7 Å². The van der Waals surface area contributed by atoms with Gasteiger partial charge in [0, 0.05) is 13.0 Å². The minimum atomic E-state index is -2.85. The number of nitrogens with zero attached hydrogens (tertiary/aromatic N) is 1. The number of hydrogen-bond acceptors (Lipinski definition) is 3. The van der Waals surface area contributed by atoms with Gasteiger partial charge in [-0.1, -0.05) is 0 Å².